The van der Waals surface area contributed by atoms with E-state index in [0.717, 1.165) is 12.8 Å². The highest BCUT2D eigenvalue weighted by atomic mass is 16.6. The maximum Gasteiger partial charge on any atom is 0.292 e. The lowest BCUT2D eigenvalue weighted by molar-refractivity contribution is -0.384. The maximum absolute atomic E-state index is 11.7. The van der Waals surface area contributed by atoms with Gasteiger partial charge in [0, 0.05) is 12.1 Å². The van der Waals surface area contributed by atoms with Crippen molar-refractivity contribution in [2.45, 2.75) is 31.8 Å². The Morgan fingerprint density at radius 3 is 2.72 bits per heavy atom. The van der Waals surface area contributed by atoms with Crippen LogP contribution in [0.5, 0.6) is 0 Å². The minimum Gasteiger partial charge on any atom is -0.368 e. The molecule has 0 spiro atoms. The van der Waals surface area contributed by atoms with Crippen LogP contribution < -0.4 is 10.6 Å². The summed E-state index contributed by atoms with van der Waals surface area (Å²) in [5.41, 5.74) is 0.338. The van der Waals surface area contributed by atoms with Crippen LogP contribution in [0.4, 0.5) is 11.4 Å². The number of nitro groups is 1. The lowest BCUT2D eigenvalue weighted by Gasteiger charge is -2.14. The molecule has 1 saturated carbocycles. The largest absolute Gasteiger partial charge is 0.368 e. The van der Waals surface area contributed by atoms with Crippen molar-refractivity contribution in [1.29, 1.82) is 0 Å². The van der Waals surface area contributed by atoms with Gasteiger partial charge in [0.2, 0.25) is 5.91 Å². The van der Waals surface area contributed by atoms with Crippen LogP contribution in [0.25, 0.3) is 0 Å². The molecule has 1 aliphatic carbocycles. The molecule has 1 unspecified atom stereocenters. The van der Waals surface area contributed by atoms with Gasteiger partial charge >= 0.3 is 0 Å². The van der Waals surface area contributed by atoms with Gasteiger partial charge in [0.25, 0.3) is 5.69 Å². The second kappa shape index (κ2) is 5.03. The van der Waals surface area contributed by atoms with Gasteiger partial charge in [-0.25, -0.2) is 0 Å². The van der Waals surface area contributed by atoms with Gasteiger partial charge < -0.3 is 10.6 Å². The van der Waals surface area contributed by atoms with Crippen LogP contribution in [-0.4, -0.2) is 22.9 Å². The number of anilines is 1. The van der Waals surface area contributed by atoms with Gasteiger partial charge in [0.1, 0.15) is 11.7 Å². The zero-order valence-corrected chi connectivity index (χ0v) is 10.1. The summed E-state index contributed by atoms with van der Waals surface area (Å²) >= 11 is 0. The molecule has 96 valence electrons. The molecule has 0 aromatic heterocycles. The zero-order valence-electron chi connectivity index (χ0n) is 10.1. The second-order valence-corrected chi connectivity index (χ2v) is 4.42. The van der Waals surface area contributed by atoms with Gasteiger partial charge in [-0.15, -0.1) is 0 Å². The molecule has 18 heavy (non-hydrogen) atoms. The minimum atomic E-state index is -0.494. The Morgan fingerprint density at radius 2 is 2.11 bits per heavy atom. The molecular weight excluding hydrogens is 234 g/mol. The SMILES string of the molecule is CC(Nc1ccccc1[N+](=O)[O-])C(=O)NC1CC1. The smallest absolute Gasteiger partial charge is 0.292 e. The first-order valence-corrected chi connectivity index (χ1v) is 5.88. The molecule has 0 bridgehead atoms. The molecule has 0 saturated heterocycles. The quantitative estimate of drug-likeness (QED) is 0.614. The summed E-state index contributed by atoms with van der Waals surface area (Å²) in [6, 6.07) is 6.09. The van der Waals surface area contributed by atoms with Crippen molar-refractivity contribution >= 4 is 17.3 Å². The Balaban J connectivity index is 2.03. The number of hydrogen-bond acceptors (Lipinski definition) is 4. The molecule has 1 atom stereocenters. The fourth-order valence-electron chi connectivity index (χ4n) is 1.61. The predicted molar refractivity (Wildman–Crippen MR) is 67.3 cm³/mol. The van der Waals surface area contributed by atoms with E-state index in [9.17, 15) is 14.9 Å². The number of hydrogen-bond donors (Lipinski definition) is 2. The van der Waals surface area contributed by atoms with Gasteiger partial charge in [-0.2, -0.15) is 0 Å². The van der Waals surface area contributed by atoms with E-state index >= 15 is 0 Å². The molecule has 1 amide bonds. The lowest BCUT2D eigenvalue weighted by Crippen LogP contribution is -2.38. The first-order chi connectivity index (χ1) is 8.58. The third-order valence-electron chi connectivity index (χ3n) is 2.79. The van der Waals surface area contributed by atoms with Crippen molar-refractivity contribution < 1.29 is 9.72 Å². The number of carbonyl (C=O) groups excluding carboxylic acids is 1. The Labute approximate surface area is 105 Å². The van der Waals surface area contributed by atoms with Crippen LogP contribution in [0.15, 0.2) is 24.3 Å². The van der Waals surface area contributed by atoms with Crippen molar-refractivity contribution in [3.8, 4) is 0 Å². The van der Waals surface area contributed by atoms with Crippen LogP contribution in [0.2, 0.25) is 0 Å². The van der Waals surface area contributed by atoms with Crippen molar-refractivity contribution in [3.05, 3.63) is 34.4 Å². The lowest BCUT2D eigenvalue weighted by atomic mass is 10.2. The van der Waals surface area contributed by atoms with Gasteiger partial charge in [-0.1, -0.05) is 12.1 Å². The summed E-state index contributed by atoms with van der Waals surface area (Å²) in [6.45, 7) is 1.69. The molecule has 1 aliphatic rings. The van der Waals surface area contributed by atoms with Crippen LogP contribution in [-0.2, 0) is 4.79 Å². The van der Waals surface area contributed by atoms with Crippen LogP contribution in [0, 0.1) is 10.1 Å². The van der Waals surface area contributed by atoms with Crippen molar-refractivity contribution in [3.63, 3.8) is 0 Å². The fourth-order valence-corrected chi connectivity index (χ4v) is 1.61. The van der Waals surface area contributed by atoms with Crippen LogP contribution in [0.3, 0.4) is 0 Å². The Kier molecular flexibility index (Phi) is 3.45. The van der Waals surface area contributed by atoms with E-state index in [1.807, 2.05) is 0 Å². The van der Waals surface area contributed by atoms with Gasteiger partial charge in [0.05, 0.1) is 4.92 Å². The maximum atomic E-state index is 11.7. The molecule has 2 N–H and O–H groups in total. The third-order valence-corrected chi connectivity index (χ3v) is 2.79. The van der Waals surface area contributed by atoms with E-state index in [2.05, 4.69) is 10.6 Å². The molecule has 1 aromatic carbocycles. The minimum absolute atomic E-state index is 0.0245. The molecule has 0 aliphatic heterocycles. The molecule has 0 heterocycles. The average molecular weight is 249 g/mol. The summed E-state index contributed by atoms with van der Waals surface area (Å²) in [5.74, 6) is -0.129. The molecule has 1 fully saturated rings. The second-order valence-electron chi connectivity index (χ2n) is 4.42. The first-order valence-electron chi connectivity index (χ1n) is 5.88. The number of para-hydroxylation sites is 2. The van der Waals surface area contributed by atoms with E-state index in [1.165, 1.54) is 6.07 Å². The Morgan fingerprint density at radius 1 is 1.44 bits per heavy atom. The van der Waals surface area contributed by atoms with Crippen molar-refractivity contribution in [2.24, 2.45) is 0 Å². The number of carbonyl (C=O) groups is 1. The zero-order chi connectivity index (χ0) is 13.1. The Hall–Kier alpha value is -2.11. The Bertz CT molecular complexity index is 471. The predicted octanol–water partition coefficient (Wildman–Crippen LogP) is 1.67. The topological polar surface area (TPSA) is 84.3 Å². The van der Waals surface area contributed by atoms with E-state index in [4.69, 9.17) is 0 Å². The van der Waals surface area contributed by atoms with E-state index in [0.29, 0.717) is 5.69 Å². The number of nitrogens with one attached hydrogen (secondary N) is 2. The number of nitro benzene ring substituents is 1. The molecule has 6 nitrogen and oxygen atoms in total. The van der Waals surface area contributed by atoms with Crippen molar-refractivity contribution in [2.75, 3.05) is 5.32 Å². The summed E-state index contributed by atoms with van der Waals surface area (Å²) in [5, 5.41) is 16.5. The van der Waals surface area contributed by atoms with E-state index in [1.54, 1.807) is 25.1 Å². The highest BCUT2D eigenvalue weighted by molar-refractivity contribution is 5.85. The summed E-state index contributed by atoms with van der Waals surface area (Å²) in [7, 11) is 0. The van der Waals surface area contributed by atoms with Crippen molar-refractivity contribution in [1.82, 2.24) is 5.32 Å². The monoisotopic (exact) mass is 249 g/mol. The number of nitrogens with zero attached hydrogens (tertiary/aromatic N) is 1. The molecule has 0 radical (unpaired) electrons. The fraction of sp³-hybridized carbons (Fsp3) is 0.417. The van der Waals surface area contributed by atoms with E-state index in [-0.39, 0.29) is 17.6 Å². The van der Waals surface area contributed by atoms with E-state index < -0.39 is 11.0 Å². The standard InChI is InChI=1S/C12H15N3O3/c1-8(12(16)14-9-6-7-9)13-10-4-2-3-5-11(10)15(17)18/h2-5,8-9,13H,6-7H2,1H3,(H,14,16). The summed E-state index contributed by atoms with van der Waals surface area (Å²) in [6.07, 6.45) is 2.04. The molecule has 6 heteroatoms. The van der Waals surface area contributed by atoms with Crippen LogP contribution >= 0.6 is 0 Å². The number of rotatable bonds is 5. The third kappa shape index (κ3) is 2.97. The van der Waals surface area contributed by atoms with Gasteiger partial charge in [0.15, 0.2) is 0 Å². The molecular formula is C12H15N3O3. The van der Waals surface area contributed by atoms with Gasteiger partial charge in [-0.3, -0.25) is 14.9 Å². The normalized spacial score (nSPS) is 15.8. The first kappa shape index (κ1) is 12.3. The number of benzene rings is 1. The van der Waals surface area contributed by atoms with Crippen LogP contribution in [0.1, 0.15) is 19.8 Å². The molecule has 2 rings (SSSR count). The number of amides is 1. The average Bonchev–Trinajstić information content (AvgIpc) is 3.13. The highest BCUT2D eigenvalue weighted by Crippen LogP contribution is 2.24. The summed E-state index contributed by atoms with van der Waals surface area (Å²) in [4.78, 5) is 22.1. The van der Waals surface area contributed by atoms with Gasteiger partial charge in [-0.05, 0) is 25.8 Å². The summed E-state index contributed by atoms with van der Waals surface area (Å²) < 4.78 is 0. The molecule has 1 aromatic rings. The highest BCUT2D eigenvalue weighted by Gasteiger charge is 2.26.